The summed E-state index contributed by atoms with van der Waals surface area (Å²) in [5, 5.41) is 8.26. The van der Waals surface area contributed by atoms with E-state index in [1.54, 1.807) is 52.4 Å². The summed E-state index contributed by atoms with van der Waals surface area (Å²) in [5.74, 6) is 5.76. The van der Waals surface area contributed by atoms with Gasteiger partial charge in [-0.1, -0.05) is 24.0 Å². The van der Waals surface area contributed by atoms with Gasteiger partial charge in [-0.15, -0.1) is 5.10 Å². The molecule has 11 heteroatoms. The molecule has 0 bridgehead atoms. The number of carbonyl (C=O) groups excluding carboxylic acids is 1. The van der Waals surface area contributed by atoms with Crippen LogP contribution in [0.3, 0.4) is 0 Å². The zero-order valence-corrected chi connectivity index (χ0v) is 22.5. The van der Waals surface area contributed by atoms with Crippen LogP contribution in [0.4, 0.5) is 24.8 Å². The van der Waals surface area contributed by atoms with Gasteiger partial charge in [0.2, 0.25) is 5.95 Å². The van der Waals surface area contributed by atoms with E-state index in [1.807, 2.05) is 26.8 Å². The topological polar surface area (TPSA) is 101 Å². The van der Waals surface area contributed by atoms with E-state index >= 15 is 0 Å². The number of halogens is 3. The summed E-state index contributed by atoms with van der Waals surface area (Å²) in [5.41, 5.74) is 12.7. The van der Waals surface area contributed by atoms with Crippen molar-refractivity contribution in [3.63, 3.8) is 0 Å². The van der Waals surface area contributed by atoms with Crippen LogP contribution in [0.1, 0.15) is 50.7 Å². The zero-order valence-electron chi connectivity index (χ0n) is 22.5. The average molecular weight is 558 g/mol. The van der Waals surface area contributed by atoms with Crippen LogP contribution < -0.4 is 16.5 Å². The number of amides is 1. The average Bonchev–Trinajstić information content (AvgIpc) is 3.30. The Kier molecular flexibility index (Phi) is 7.15. The van der Waals surface area contributed by atoms with Crippen LogP contribution in [0.5, 0.6) is 0 Å². The number of nitrogen functional groups attached to an aromatic ring is 1. The number of hydrogen-bond acceptors (Lipinski definition) is 6. The van der Waals surface area contributed by atoms with Gasteiger partial charge in [0.15, 0.2) is 5.65 Å². The summed E-state index contributed by atoms with van der Waals surface area (Å²) in [6, 6.07) is 10.6. The first-order valence-corrected chi connectivity index (χ1v) is 12.6. The Morgan fingerprint density at radius 3 is 2.61 bits per heavy atom. The standard InChI is InChI=1S/C30H26F3N7O/c1-18-10-11-39(35-15-18)17-24-8-9-25(14-26(24)30(31,32)33)36-28(41)23-6-4-19(2)22(13-23)7-5-21-12-20(3)27-37-29(34)38-40(27)16-21/h4,6,8-16,35H,17H2,1-3H3,(H2,34,38)(H,36,41). The van der Waals surface area contributed by atoms with Crippen molar-refractivity contribution in [2.75, 3.05) is 11.1 Å². The molecule has 0 fully saturated rings. The van der Waals surface area contributed by atoms with Crippen molar-refractivity contribution in [2.24, 2.45) is 0 Å². The van der Waals surface area contributed by atoms with Crippen LogP contribution in [0, 0.1) is 25.7 Å². The maximum absolute atomic E-state index is 13.9. The Morgan fingerprint density at radius 2 is 1.88 bits per heavy atom. The summed E-state index contributed by atoms with van der Waals surface area (Å²) in [7, 11) is 0. The van der Waals surface area contributed by atoms with Crippen molar-refractivity contribution in [1.29, 1.82) is 0 Å². The molecule has 2 aromatic carbocycles. The number of pyridine rings is 1. The van der Waals surface area contributed by atoms with E-state index in [-0.39, 0.29) is 29.3 Å². The Morgan fingerprint density at radius 1 is 1.07 bits per heavy atom. The number of benzene rings is 2. The molecule has 0 unspecified atom stereocenters. The number of aromatic nitrogens is 3. The van der Waals surface area contributed by atoms with Crippen LogP contribution in [-0.4, -0.2) is 25.5 Å². The number of fused-ring (bicyclic) bond motifs is 1. The monoisotopic (exact) mass is 557 g/mol. The minimum Gasteiger partial charge on any atom is -0.366 e. The first-order valence-electron chi connectivity index (χ1n) is 12.6. The molecular formula is C30H26F3N7O. The summed E-state index contributed by atoms with van der Waals surface area (Å²) in [6.45, 7) is 5.60. The number of allylic oxidation sites excluding steroid dienone is 2. The number of hydrogen-bond donors (Lipinski definition) is 3. The van der Waals surface area contributed by atoms with Crippen LogP contribution in [-0.2, 0) is 12.7 Å². The molecule has 2 aromatic heterocycles. The lowest BCUT2D eigenvalue weighted by Gasteiger charge is -2.25. The second-order valence-electron chi connectivity index (χ2n) is 9.71. The maximum atomic E-state index is 13.9. The molecule has 1 aliphatic rings. The fourth-order valence-electron chi connectivity index (χ4n) is 4.30. The molecule has 0 saturated heterocycles. The summed E-state index contributed by atoms with van der Waals surface area (Å²) in [6.07, 6.45) is 2.28. The minimum atomic E-state index is -4.60. The van der Waals surface area contributed by atoms with E-state index in [4.69, 9.17) is 5.73 Å². The molecule has 0 radical (unpaired) electrons. The number of hydrazine groups is 1. The highest BCUT2D eigenvalue weighted by molar-refractivity contribution is 6.04. The minimum absolute atomic E-state index is 0.0138. The number of nitrogens with one attached hydrogen (secondary N) is 2. The largest absolute Gasteiger partial charge is 0.416 e. The fourth-order valence-corrected chi connectivity index (χ4v) is 4.30. The van der Waals surface area contributed by atoms with Crippen LogP contribution in [0.2, 0.25) is 0 Å². The number of carbonyl (C=O) groups is 1. The molecule has 8 nitrogen and oxygen atoms in total. The molecule has 41 heavy (non-hydrogen) atoms. The van der Waals surface area contributed by atoms with E-state index in [9.17, 15) is 18.0 Å². The Labute approximate surface area is 234 Å². The molecule has 0 atom stereocenters. The molecule has 5 rings (SSSR count). The van der Waals surface area contributed by atoms with Crippen molar-refractivity contribution >= 4 is 23.2 Å². The van der Waals surface area contributed by atoms with Gasteiger partial charge in [0, 0.05) is 41.0 Å². The predicted molar refractivity (Wildman–Crippen MR) is 150 cm³/mol. The molecular weight excluding hydrogens is 531 g/mol. The van der Waals surface area contributed by atoms with E-state index in [0.717, 1.165) is 22.8 Å². The van der Waals surface area contributed by atoms with Gasteiger partial charge in [-0.05, 0) is 79.4 Å². The highest BCUT2D eigenvalue weighted by atomic mass is 19.4. The summed E-state index contributed by atoms with van der Waals surface area (Å²) in [4.78, 5) is 17.2. The Hall–Kier alpha value is -5.24. The molecule has 3 heterocycles. The highest BCUT2D eigenvalue weighted by Crippen LogP contribution is 2.34. The number of rotatable bonds is 4. The van der Waals surface area contributed by atoms with Gasteiger partial charge in [-0.25, -0.2) is 4.52 Å². The predicted octanol–water partition coefficient (Wildman–Crippen LogP) is 5.34. The van der Waals surface area contributed by atoms with Gasteiger partial charge < -0.3 is 16.5 Å². The van der Waals surface area contributed by atoms with Gasteiger partial charge in [0.05, 0.1) is 12.1 Å². The van der Waals surface area contributed by atoms with Crippen molar-refractivity contribution < 1.29 is 18.0 Å². The number of nitrogens with two attached hydrogens (primary N) is 1. The van der Waals surface area contributed by atoms with Gasteiger partial charge in [-0.3, -0.25) is 9.80 Å². The number of nitrogens with zero attached hydrogens (tertiary/aromatic N) is 4. The molecule has 208 valence electrons. The molecule has 0 aliphatic carbocycles. The van der Waals surface area contributed by atoms with Crippen molar-refractivity contribution in [3.05, 3.63) is 112 Å². The lowest BCUT2D eigenvalue weighted by atomic mass is 10.0. The van der Waals surface area contributed by atoms with E-state index in [2.05, 4.69) is 32.7 Å². The van der Waals surface area contributed by atoms with Gasteiger partial charge in [0.25, 0.3) is 5.91 Å². The Bertz CT molecular complexity index is 1790. The number of alkyl halides is 3. The quantitative estimate of drug-likeness (QED) is 0.293. The summed E-state index contributed by atoms with van der Waals surface area (Å²) >= 11 is 0. The third-order valence-corrected chi connectivity index (χ3v) is 6.46. The SMILES string of the molecule is CC1=CNN(Cc2ccc(NC(=O)c3ccc(C)c(C#Cc4cc(C)c5nc(N)nn5c4)c3)cc2C(F)(F)F)C=C1. The van der Waals surface area contributed by atoms with E-state index < -0.39 is 17.6 Å². The van der Waals surface area contributed by atoms with Crippen LogP contribution in [0.15, 0.2) is 72.7 Å². The lowest BCUT2D eigenvalue weighted by Crippen LogP contribution is -2.31. The normalized spacial score (nSPS) is 12.9. The first-order chi connectivity index (χ1) is 19.5. The zero-order chi connectivity index (χ0) is 29.3. The van der Waals surface area contributed by atoms with Crippen molar-refractivity contribution in [2.45, 2.75) is 33.5 Å². The number of anilines is 2. The van der Waals surface area contributed by atoms with E-state index in [1.165, 1.54) is 12.1 Å². The van der Waals surface area contributed by atoms with E-state index in [0.29, 0.717) is 16.8 Å². The lowest BCUT2D eigenvalue weighted by molar-refractivity contribution is -0.138. The highest BCUT2D eigenvalue weighted by Gasteiger charge is 2.34. The molecule has 0 spiro atoms. The third kappa shape index (κ3) is 6.17. The summed E-state index contributed by atoms with van der Waals surface area (Å²) < 4.78 is 43.3. The first kappa shape index (κ1) is 27.3. The fraction of sp³-hybridized carbons (Fsp3) is 0.167. The molecule has 4 N–H and O–H groups in total. The second-order valence-corrected chi connectivity index (χ2v) is 9.71. The van der Waals surface area contributed by atoms with Crippen LogP contribution >= 0.6 is 0 Å². The van der Waals surface area contributed by atoms with Gasteiger partial charge in [0.1, 0.15) is 0 Å². The third-order valence-electron chi connectivity index (χ3n) is 6.46. The molecule has 0 saturated carbocycles. The van der Waals surface area contributed by atoms with Crippen molar-refractivity contribution in [3.8, 4) is 11.8 Å². The smallest absolute Gasteiger partial charge is 0.366 e. The number of aryl methyl sites for hydroxylation is 2. The second kappa shape index (κ2) is 10.7. The van der Waals surface area contributed by atoms with Crippen molar-refractivity contribution in [1.82, 2.24) is 25.0 Å². The molecule has 1 amide bonds. The molecule has 4 aromatic rings. The maximum Gasteiger partial charge on any atom is 0.416 e. The molecule has 1 aliphatic heterocycles. The van der Waals surface area contributed by atoms with Gasteiger partial charge >= 0.3 is 6.18 Å². The van der Waals surface area contributed by atoms with Gasteiger partial charge in [-0.2, -0.15) is 18.2 Å². The Balaban J connectivity index is 1.36. The van der Waals surface area contributed by atoms with Crippen LogP contribution in [0.25, 0.3) is 5.65 Å².